The molecule has 5 nitrogen and oxygen atoms in total. The van der Waals surface area contributed by atoms with Gasteiger partial charge in [-0.1, -0.05) is 6.07 Å². The first-order chi connectivity index (χ1) is 11.9. The van der Waals surface area contributed by atoms with Crippen LogP contribution in [-0.2, 0) is 9.59 Å². The van der Waals surface area contributed by atoms with Gasteiger partial charge in [0.15, 0.2) is 0 Å². The minimum atomic E-state index is -0.498. The molecule has 0 unspecified atom stereocenters. The first-order valence-electron chi connectivity index (χ1n) is 7.46. The summed E-state index contributed by atoms with van der Waals surface area (Å²) < 4.78 is 13.9. The predicted octanol–water partition coefficient (Wildman–Crippen LogP) is 3.12. The maximum atomic E-state index is 13.0. The zero-order chi connectivity index (χ0) is 18.1. The maximum absolute atomic E-state index is 13.0. The Morgan fingerprint density at radius 3 is 2.40 bits per heavy atom. The highest BCUT2D eigenvalue weighted by Crippen LogP contribution is 2.28. The summed E-state index contributed by atoms with van der Waals surface area (Å²) in [5.41, 5.74) is 4.61. The van der Waals surface area contributed by atoms with Gasteiger partial charge in [0.25, 0.3) is 11.8 Å². The minimum Gasteiger partial charge on any atom is -0.377 e. The molecule has 3 rings (SSSR count). The van der Waals surface area contributed by atoms with Gasteiger partial charge in [-0.25, -0.2) is 9.40 Å². The number of halogens is 2. The van der Waals surface area contributed by atoms with Crippen LogP contribution in [0.5, 0.6) is 0 Å². The molecule has 0 aromatic heterocycles. The topological polar surface area (TPSA) is 52.7 Å². The molecule has 0 bridgehead atoms. The molecule has 1 aliphatic heterocycles. The van der Waals surface area contributed by atoms with E-state index in [1.807, 2.05) is 37.2 Å². The lowest BCUT2D eigenvalue weighted by Gasteiger charge is -2.15. The van der Waals surface area contributed by atoms with Crippen LogP contribution in [0.1, 0.15) is 5.56 Å². The summed E-state index contributed by atoms with van der Waals surface area (Å²) in [5, 5.41) is 1.11. The van der Waals surface area contributed by atoms with E-state index in [2.05, 4.69) is 21.4 Å². The number of anilines is 2. The first kappa shape index (κ1) is 17.2. The number of carbonyl (C=O) groups is 2. The minimum absolute atomic E-state index is 0.0221. The number of rotatable bonds is 3. The summed E-state index contributed by atoms with van der Waals surface area (Å²) in [6.45, 7) is 0. The van der Waals surface area contributed by atoms with Gasteiger partial charge >= 0.3 is 0 Å². The number of nitrogens with zero attached hydrogens (tertiary/aromatic N) is 2. The van der Waals surface area contributed by atoms with E-state index < -0.39 is 17.6 Å². The fourth-order valence-corrected chi connectivity index (χ4v) is 3.22. The van der Waals surface area contributed by atoms with Gasteiger partial charge in [0, 0.05) is 18.6 Å². The molecule has 2 amide bonds. The van der Waals surface area contributed by atoms with Crippen molar-refractivity contribution < 1.29 is 14.0 Å². The van der Waals surface area contributed by atoms with Gasteiger partial charge in [-0.3, -0.25) is 15.0 Å². The molecule has 25 heavy (non-hydrogen) atoms. The lowest BCUT2D eigenvalue weighted by atomic mass is 10.1. The standard InChI is InChI=1S/C18H15BrFN3O2/c1-22(2)16-8-3-11(10-15(16)19)9-14-17(24)21-23(18(14)25)13-6-4-12(20)5-7-13/h3-10H,1-2H3,(H,21,24)/b14-9+. The first-order valence-corrected chi connectivity index (χ1v) is 8.25. The molecule has 1 heterocycles. The Morgan fingerprint density at radius 2 is 1.80 bits per heavy atom. The molecule has 7 heteroatoms. The number of nitrogens with one attached hydrogen (secondary N) is 1. The van der Waals surface area contributed by atoms with E-state index in [0.29, 0.717) is 5.69 Å². The van der Waals surface area contributed by atoms with Crippen LogP contribution in [0.2, 0.25) is 0 Å². The van der Waals surface area contributed by atoms with Crippen molar-refractivity contribution in [2.24, 2.45) is 0 Å². The zero-order valence-electron chi connectivity index (χ0n) is 13.6. The summed E-state index contributed by atoms with van der Waals surface area (Å²) in [6.07, 6.45) is 1.53. The molecule has 1 aliphatic rings. The van der Waals surface area contributed by atoms with Gasteiger partial charge in [0.1, 0.15) is 11.4 Å². The summed E-state index contributed by atoms with van der Waals surface area (Å²) >= 11 is 3.48. The van der Waals surface area contributed by atoms with Crippen molar-refractivity contribution in [3.63, 3.8) is 0 Å². The van der Waals surface area contributed by atoms with Gasteiger partial charge in [-0.2, -0.15) is 0 Å². The van der Waals surface area contributed by atoms with Crippen molar-refractivity contribution in [1.29, 1.82) is 0 Å². The SMILES string of the molecule is CN(C)c1ccc(/C=C2\C(=O)NN(c3ccc(F)cc3)C2=O)cc1Br. The van der Waals surface area contributed by atoms with Gasteiger partial charge in [-0.15, -0.1) is 0 Å². The van der Waals surface area contributed by atoms with E-state index in [1.165, 1.54) is 30.3 Å². The Labute approximate surface area is 152 Å². The van der Waals surface area contributed by atoms with E-state index in [0.717, 1.165) is 20.7 Å². The second-order valence-electron chi connectivity index (χ2n) is 5.72. The molecule has 0 radical (unpaired) electrons. The van der Waals surface area contributed by atoms with Crippen LogP contribution in [-0.4, -0.2) is 25.9 Å². The normalized spacial score (nSPS) is 15.7. The highest BCUT2D eigenvalue weighted by molar-refractivity contribution is 9.10. The third-order valence-electron chi connectivity index (χ3n) is 3.74. The number of hydrogen-bond acceptors (Lipinski definition) is 3. The van der Waals surface area contributed by atoms with Crippen LogP contribution < -0.4 is 15.3 Å². The number of amides is 2. The van der Waals surface area contributed by atoms with Crippen molar-refractivity contribution in [2.75, 3.05) is 24.0 Å². The van der Waals surface area contributed by atoms with Crippen LogP contribution in [0, 0.1) is 5.82 Å². The van der Waals surface area contributed by atoms with Crippen LogP contribution in [0.15, 0.2) is 52.5 Å². The summed E-state index contributed by atoms with van der Waals surface area (Å²) in [6, 6.07) is 10.9. The van der Waals surface area contributed by atoms with Gasteiger partial charge < -0.3 is 4.90 Å². The molecule has 1 saturated heterocycles. The van der Waals surface area contributed by atoms with E-state index in [9.17, 15) is 14.0 Å². The van der Waals surface area contributed by atoms with Crippen LogP contribution in [0.25, 0.3) is 6.08 Å². The second kappa shape index (κ2) is 6.68. The monoisotopic (exact) mass is 403 g/mol. The Balaban J connectivity index is 1.91. The zero-order valence-corrected chi connectivity index (χ0v) is 15.2. The van der Waals surface area contributed by atoms with Gasteiger partial charge in [-0.05, 0) is 64.0 Å². The molecule has 0 aliphatic carbocycles. The van der Waals surface area contributed by atoms with Gasteiger partial charge in [0.2, 0.25) is 0 Å². The van der Waals surface area contributed by atoms with Crippen LogP contribution in [0.4, 0.5) is 15.8 Å². The molecule has 0 saturated carbocycles. The lowest BCUT2D eigenvalue weighted by molar-refractivity contribution is -0.117. The smallest absolute Gasteiger partial charge is 0.282 e. The van der Waals surface area contributed by atoms with E-state index >= 15 is 0 Å². The Hall–Kier alpha value is -2.67. The predicted molar refractivity (Wildman–Crippen MR) is 98.5 cm³/mol. The average molecular weight is 404 g/mol. The second-order valence-corrected chi connectivity index (χ2v) is 6.58. The van der Waals surface area contributed by atoms with Crippen molar-refractivity contribution in [1.82, 2.24) is 5.43 Å². The molecule has 0 atom stereocenters. The molecule has 2 aromatic carbocycles. The quantitative estimate of drug-likeness (QED) is 0.632. The average Bonchev–Trinajstić information content (AvgIpc) is 2.83. The summed E-state index contributed by atoms with van der Waals surface area (Å²) in [4.78, 5) is 26.6. The highest BCUT2D eigenvalue weighted by atomic mass is 79.9. The van der Waals surface area contributed by atoms with Crippen molar-refractivity contribution in [3.05, 3.63) is 63.9 Å². The Kier molecular flexibility index (Phi) is 4.59. The fourth-order valence-electron chi connectivity index (χ4n) is 2.47. The molecular formula is C18H15BrFN3O2. The number of carbonyl (C=O) groups excluding carboxylic acids is 2. The maximum Gasteiger partial charge on any atom is 0.282 e. The summed E-state index contributed by atoms with van der Waals surface area (Å²) in [7, 11) is 3.85. The van der Waals surface area contributed by atoms with Gasteiger partial charge in [0.05, 0.1) is 11.4 Å². The molecule has 1 N–H and O–H groups in total. The molecule has 1 fully saturated rings. The number of hydrogen-bond donors (Lipinski definition) is 1. The Bertz CT molecular complexity index is 878. The number of benzene rings is 2. The molecular weight excluding hydrogens is 389 g/mol. The van der Waals surface area contributed by atoms with Crippen LogP contribution in [0.3, 0.4) is 0 Å². The van der Waals surface area contributed by atoms with Crippen molar-refractivity contribution in [3.8, 4) is 0 Å². The van der Waals surface area contributed by atoms with E-state index in [4.69, 9.17) is 0 Å². The largest absolute Gasteiger partial charge is 0.377 e. The fraction of sp³-hybridized carbons (Fsp3) is 0.111. The lowest BCUT2D eigenvalue weighted by Crippen LogP contribution is -2.35. The molecule has 0 spiro atoms. The van der Waals surface area contributed by atoms with Crippen molar-refractivity contribution in [2.45, 2.75) is 0 Å². The highest BCUT2D eigenvalue weighted by Gasteiger charge is 2.34. The third kappa shape index (κ3) is 3.41. The van der Waals surface area contributed by atoms with Crippen molar-refractivity contribution >= 4 is 45.2 Å². The van der Waals surface area contributed by atoms with Crippen LogP contribution >= 0.6 is 15.9 Å². The molecule has 2 aromatic rings. The van der Waals surface area contributed by atoms with E-state index in [-0.39, 0.29) is 5.57 Å². The number of hydrazine groups is 1. The summed E-state index contributed by atoms with van der Waals surface area (Å²) in [5.74, 6) is -1.39. The third-order valence-corrected chi connectivity index (χ3v) is 4.38. The molecule has 128 valence electrons. The Morgan fingerprint density at radius 1 is 1.12 bits per heavy atom. The van der Waals surface area contributed by atoms with E-state index in [1.54, 1.807) is 0 Å².